The zero-order valence-electron chi connectivity index (χ0n) is 19.1. The van der Waals surface area contributed by atoms with E-state index in [0.29, 0.717) is 24.0 Å². The molecule has 0 spiro atoms. The Hall–Kier alpha value is -3.19. The number of aliphatic hydroxyl groups is 1. The summed E-state index contributed by atoms with van der Waals surface area (Å²) >= 11 is 0. The summed E-state index contributed by atoms with van der Waals surface area (Å²) < 4.78 is 0. The first-order valence-corrected chi connectivity index (χ1v) is 11.1. The minimum absolute atomic E-state index is 0.0711. The number of rotatable bonds is 8. The molecule has 0 aliphatic heterocycles. The van der Waals surface area contributed by atoms with Gasteiger partial charge in [-0.1, -0.05) is 75.4 Å². The minimum Gasteiger partial charge on any atom is -0.481 e. The number of carboxylic acids is 2. The number of aliphatic carboxylic acids is 2. The summed E-state index contributed by atoms with van der Waals surface area (Å²) in [6.07, 6.45) is 0.0277. The molecule has 176 valence electrons. The van der Waals surface area contributed by atoms with Crippen LogP contribution in [-0.4, -0.2) is 39.2 Å². The number of carboxylic acid groups (broad SMARTS) is 2. The maximum absolute atomic E-state index is 13.2. The van der Waals surface area contributed by atoms with Gasteiger partial charge in [0, 0.05) is 6.42 Å². The largest absolute Gasteiger partial charge is 0.481 e. The number of hydrogen-bond acceptors (Lipinski definition) is 4. The van der Waals surface area contributed by atoms with Crippen molar-refractivity contribution >= 4 is 17.8 Å². The molecule has 2 aromatic rings. The summed E-state index contributed by atoms with van der Waals surface area (Å²) in [5.41, 5.74) is 0.328. The van der Waals surface area contributed by atoms with Crippen molar-refractivity contribution in [1.82, 2.24) is 5.32 Å². The smallest absolute Gasteiger partial charge is 0.326 e. The fraction of sp³-hybridized carbons (Fsp3) is 0.423. The lowest BCUT2D eigenvalue weighted by molar-refractivity contribution is -0.151. The van der Waals surface area contributed by atoms with Gasteiger partial charge in [0.25, 0.3) is 0 Å². The zero-order valence-corrected chi connectivity index (χ0v) is 19.1. The van der Waals surface area contributed by atoms with E-state index < -0.39 is 46.7 Å². The van der Waals surface area contributed by atoms with E-state index in [2.05, 4.69) is 5.32 Å². The second kappa shape index (κ2) is 9.35. The van der Waals surface area contributed by atoms with Crippen LogP contribution in [0.3, 0.4) is 0 Å². The van der Waals surface area contributed by atoms with Gasteiger partial charge in [-0.2, -0.15) is 0 Å². The summed E-state index contributed by atoms with van der Waals surface area (Å²) in [7, 11) is 0. The van der Waals surface area contributed by atoms with Gasteiger partial charge in [0.05, 0.1) is 11.3 Å². The average molecular weight is 454 g/mol. The van der Waals surface area contributed by atoms with Crippen molar-refractivity contribution in [3.8, 4) is 0 Å². The van der Waals surface area contributed by atoms with Gasteiger partial charge in [-0.3, -0.25) is 9.59 Å². The molecule has 7 nitrogen and oxygen atoms in total. The molecule has 33 heavy (non-hydrogen) atoms. The molecular weight excluding hydrogens is 422 g/mol. The Kier molecular flexibility index (Phi) is 6.93. The van der Waals surface area contributed by atoms with E-state index in [0.717, 1.165) is 5.56 Å². The minimum atomic E-state index is -1.16. The molecule has 4 atom stereocenters. The predicted molar refractivity (Wildman–Crippen MR) is 122 cm³/mol. The van der Waals surface area contributed by atoms with E-state index in [1.807, 2.05) is 30.3 Å². The van der Waals surface area contributed by atoms with E-state index >= 15 is 0 Å². The fourth-order valence-corrected chi connectivity index (χ4v) is 4.76. The number of carbonyl (C=O) groups excluding carboxylic acids is 1. The molecule has 0 heterocycles. The summed E-state index contributed by atoms with van der Waals surface area (Å²) in [6.45, 7) is 5.22. The molecule has 1 aliphatic rings. The third kappa shape index (κ3) is 4.78. The summed E-state index contributed by atoms with van der Waals surface area (Å²) in [5, 5.41) is 32.4. The first-order valence-electron chi connectivity index (χ1n) is 11.1. The van der Waals surface area contributed by atoms with Gasteiger partial charge >= 0.3 is 11.9 Å². The van der Waals surface area contributed by atoms with E-state index in [-0.39, 0.29) is 6.42 Å². The number of nitrogens with one attached hydrogen (secondary N) is 1. The fourth-order valence-electron chi connectivity index (χ4n) is 4.76. The SMILES string of the molecule is CC1(C(=O)N[C@@H](Cc2ccc(C(O)c3ccccc3)cc2)C(=O)O)CCC(C(=O)O)C1(C)C. The molecule has 1 amide bonds. The molecule has 1 saturated carbocycles. The van der Waals surface area contributed by atoms with E-state index in [1.165, 1.54) is 0 Å². The third-order valence-electron chi connectivity index (χ3n) is 7.48. The van der Waals surface area contributed by atoms with Crippen LogP contribution in [0.4, 0.5) is 0 Å². The third-order valence-corrected chi connectivity index (χ3v) is 7.48. The van der Waals surface area contributed by atoms with Crippen LogP contribution in [0.1, 0.15) is 56.4 Å². The molecule has 1 fully saturated rings. The first-order chi connectivity index (χ1) is 15.5. The first kappa shape index (κ1) is 24.5. The molecule has 2 aromatic carbocycles. The Bertz CT molecular complexity index is 1020. The van der Waals surface area contributed by atoms with Gasteiger partial charge in [-0.15, -0.1) is 0 Å². The molecule has 4 N–H and O–H groups in total. The average Bonchev–Trinajstić information content (AvgIpc) is 3.03. The number of hydrogen-bond donors (Lipinski definition) is 4. The van der Waals surface area contributed by atoms with Crippen LogP contribution < -0.4 is 5.32 Å². The second-order valence-corrected chi connectivity index (χ2v) is 9.61. The van der Waals surface area contributed by atoms with Gasteiger partial charge < -0.3 is 20.6 Å². The van der Waals surface area contributed by atoms with Crippen molar-refractivity contribution in [2.24, 2.45) is 16.7 Å². The lowest BCUT2D eigenvalue weighted by Crippen LogP contribution is -2.53. The normalized spacial score (nSPS) is 23.5. The molecule has 0 aromatic heterocycles. The topological polar surface area (TPSA) is 124 Å². The number of aliphatic hydroxyl groups excluding tert-OH is 1. The lowest BCUT2D eigenvalue weighted by Gasteiger charge is -2.39. The van der Waals surface area contributed by atoms with Gasteiger partial charge in [0.2, 0.25) is 5.91 Å². The number of carbonyl (C=O) groups is 3. The Labute approximate surface area is 193 Å². The Morgan fingerprint density at radius 3 is 2.06 bits per heavy atom. The highest BCUT2D eigenvalue weighted by Crippen LogP contribution is 2.56. The Morgan fingerprint density at radius 1 is 0.970 bits per heavy atom. The van der Waals surface area contributed by atoms with Crippen LogP contribution in [0.15, 0.2) is 54.6 Å². The van der Waals surface area contributed by atoms with Gasteiger partial charge in [0.1, 0.15) is 12.1 Å². The molecule has 0 radical (unpaired) electrons. The van der Waals surface area contributed by atoms with Crippen molar-refractivity contribution in [2.45, 2.75) is 52.2 Å². The zero-order chi connectivity index (χ0) is 24.4. The van der Waals surface area contributed by atoms with E-state index in [9.17, 15) is 29.7 Å². The van der Waals surface area contributed by atoms with Crippen LogP contribution in [0, 0.1) is 16.7 Å². The van der Waals surface area contributed by atoms with Crippen molar-refractivity contribution in [1.29, 1.82) is 0 Å². The van der Waals surface area contributed by atoms with E-state index in [1.54, 1.807) is 45.0 Å². The quantitative estimate of drug-likeness (QED) is 0.486. The Balaban J connectivity index is 1.72. The highest BCUT2D eigenvalue weighted by atomic mass is 16.4. The molecular formula is C26H31NO6. The molecule has 0 bridgehead atoms. The predicted octanol–water partition coefficient (Wildman–Crippen LogP) is 3.41. The lowest BCUT2D eigenvalue weighted by atomic mass is 9.65. The molecule has 1 aliphatic carbocycles. The Morgan fingerprint density at radius 2 is 1.55 bits per heavy atom. The van der Waals surface area contributed by atoms with Crippen LogP contribution in [0.5, 0.6) is 0 Å². The monoisotopic (exact) mass is 453 g/mol. The van der Waals surface area contributed by atoms with Crippen LogP contribution in [0.2, 0.25) is 0 Å². The highest BCUT2D eigenvalue weighted by Gasteiger charge is 2.58. The molecule has 0 saturated heterocycles. The van der Waals surface area contributed by atoms with Crippen LogP contribution in [0.25, 0.3) is 0 Å². The molecule has 7 heteroatoms. The standard InChI is InChI=1S/C26H31NO6/c1-25(2)19(22(29)30)13-14-26(25,3)24(33)27-20(23(31)32)15-16-9-11-18(12-10-16)21(28)17-7-5-4-6-8-17/h4-12,19-21,28H,13-15H2,1-3H3,(H,27,33)(H,29,30)(H,31,32)/t19?,20-,21?,26?/m0/s1. The summed E-state index contributed by atoms with van der Waals surface area (Å²) in [5.74, 6) is -3.21. The van der Waals surface area contributed by atoms with Gasteiger partial charge in [0.15, 0.2) is 0 Å². The second-order valence-electron chi connectivity index (χ2n) is 9.61. The van der Waals surface area contributed by atoms with Crippen molar-refractivity contribution in [3.05, 3.63) is 71.3 Å². The van der Waals surface area contributed by atoms with Gasteiger partial charge in [-0.25, -0.2) is 4.79 Å². The van der Waals surface area contributed by atoms with Crippen molar-refractivity contribution in [3.63, 3.8) is 0 Å². The summed E-state index contributed by atoms with van der Waals surface area (Å²) in [6, 6.07) is 15.0. The van der Waals surface area contributed by atoms with Crippen molar-refractivity contribution < 1.29 is 29.7 Å². The molecule has 3 rings (SSSR count). The van der Waals surface area contributed by atoms with E-state index in [4.69, 9.17) is 0 Å². The summed E-state index contributed by atoms with van der Waals surface area (Å²) in [4.78, 5) is 36.7. The maximum Gasteiger partial charge on any atom is 0.326 e. The maximum atomic E-state index is 13.2. The van der Waals surface area contributed by atoms with Gasteiger partial charge in [-0.05, 0) is 34.9 Å². The van der Waals surface area contributed by atoms with Crippen molar-refractivity contribution in [2.75, 3.05) is 0 Å². The number of benzene rings is 2. The molecule has 3 unspecified atom stereocenters. The van der Waals surface area contributed by atoms with Crippen LogP contribution >= 0.6 is 0 Å². The van der Waals surface area contributed by atoms with Crippen LogP contribution in [-0.2, 0) is 20.8 Å². The number of amides is 1. The highest BCUT2D eigenvalue weighted by molar-refractivity contribution is 5.89.